The lowest BCUT2D eigenvalue weighted by Gasteiger charge is -2.08. The number of halogens is 1. The van der Waals surface area contributed by atoms with Crippen LogP contribution < -0.4 is 9.46 Å². The first-order chi connectivity index (χ1) is 8.90. The molecule has 0 saturated heterocycles. The second-order valence-corrected chi connectivity index (χ2v) is 6.05. The van der Waals surface area contributed by atoms with Crippen molar-refractivity contribution in [2.24, 2.45) is 0 Å². The molecule has 0 spiro atoms. The molecule has 19 heavy (non-hydrogen) atoms. The summed E-state index contributed by atoms with van der Waals surface area (Å²) in [6.45, 7) is 1.45. The molecule has 0 aliphatic carbocycles. The van der Waals surface area contributed by atoms with Gasteiger partial charge in [-0.05, 0) is 41.1 Å². The van der Waals surface area contributed by atoms with E-state index in [1.165, 1.54) is 25.3 Å². The van der Waals surface area contributed by atoms with Crippen molar-refractivity contribution in [2.75, 3.05) is 20.3 Å². The Kier molecular flexibility index (Phi) is 5.77. The van der Waals surface area contributed by atoms with Crippen molar-refractivity contribution in [3.05, 3.63) is 22.7 Å². The number of nitrogens with one attached hydrogen (secondary N) is 1. The molecule has 0 bridgehead atoms. The van der Waals surface area contributed by atoms with Gasteiger partial charge in [-0.2, -0.15) is 4.72 Å². The molecule has 0 aliphatic heterocycles. The number of hydrogen-bond donors (Lipinski definition) is 1. The lowest BCUT2D eigenvalue weighted by molar-refractivity contribution is -0.141. The topological polar surface area (TPSA) is 81.7 Å². The molecule has 1 aromatic rings. The smallest absolute Gasteiger partial charge is 0.321 e. The summed E-state index contributed by atoms with van der Waals surface area (Å²) in [7, 11) is -2.28. The molecule has 0 amide bonds. The van der Waals surface area contributed by atoms with Gasteiger partial charge in [-0.3, -0.25) is 4.79 Å². The van der Waals surface area contributed by atoms with Gasteiger partial charge in [0.15, 0.2) is 0 Å². The van der Waals surface area contributed by atoms with Crippen molar-refractivity contribution >= 4 is 31.9 Å². The molecule has 1 aromatic carbocycles. The van der Waals surface area contributed by atoms with Gasteiger partial charge in [-0.25, -0.2) is 8.42 Å². The minimum atomic E-state index is -3.76. The zero-order valence-electron chi connectivity index (χ0n) is 10.5. The van der Waals surface area contributed by atoms with Crippen LogP contribution in [0.2, 0.25) is 0 Å². The minimum absolute atomic E-state index is 0.0319. The van der Waals surface area contributed by atoms with Gasteiger partial charge < -0.3 is 9.47 Å². The van der Waals surface area contributed by atoms with Gasteiger partial charge in [0.1, 0.15) is 12.3 Å². The van der Waals surface area contributed by atoms with Crippen molar-refractivity contribution in [3.8, 4) is 5.75 Å². The molecule has 0 atom stereocenters. The molecule has 1 rings (SSSR count). The standard InChI is InChI=1S/C11H14BrNO5S/c1-3-18-11(14)7-13-19(15,16)8-4-5-10(17-2)9(12)6-8/h4-6,13H,3,7H2,1-2H3. The first-order valence-corrected chi connectivity index (χ1v) is 7.67. The zero-order chi connectivity index (χ0) is 14.5. The Morgan fingerprint density at radius 1 is 1.42 bits per heavy atom. The lowest BCUT2D eigenvalue weighted by atomic mass is 10.3. The number of esters is 1. The molecule has 6 nitrogen and oxygen atoms in total. The number of rotatable bonds is 6. The summed E-state index contributed by atoms with van der Waals surface area (Å²) in [4.78, 5) is 11.1. The van der Waals surface area contributed by atoms with Gasteiger partial charge in [0.2, 0.25) is 10.0 Å². The predicted molar refractivity (Wildman–Crippen MR) is 72.5 cm³/mol. The van der Waals surface area contributed by atoms with E-state index in [0.717, 1.165) is 0 Å². The van der Waals surface area contributed by atoms with E-state index in [-0.39, 0.29) is 11.5 Å². The van der Waals surface area contributed by atoms with Crippen LogP contribution in [0.1, 0.15) is 6.92 Å². The van der Waals surface area contributed by atoms with E-state index in [1.54, 1.807) is 6.92 Å². The van der Waals surface area contributed by atoms with Gasteiger partial charge in [0, 0.05) is 0 Å². The molecular formula is C11H14BrNO5S. The number of ether oxygens (including phenoxy) is 2. The van der Waals surface area contributed by atoms with E-state index in [0.29, 0.717) is 10.2 Å². The summed E-state index contributed by atoms with van der Waals surface area (Å²) in [6.07, 6.45) is 0. The molecule has 0 saturated carbocycles. The molecule has 1 N–H and O–H groups in total. The maximum Gasteiger partial charge on any atom is 0.321 e. The Balaban J connectivity index is 2.83. The van der Waals surface area contributed by atoms with Crippen LogP contribution in [-0.4, -0.2) is 34.6 Å². The number of hydrogen-bond acceptors (Lipinski definition) is 5. The summed E-state index contributed by atoms with van der Waals surface area (Å²) in [5.41, 5.74) is 0. The SMILES string of the molecule is CCOC(=O)CNS(=O)(=O)c1ccc(OC)c(Br)c1. The fourth-order valence-corrected chi connectivity index (χ4v) is 2.95. The quantitative estimate of drug-likeness (QED) is 0.781. The third-order valence-corrected chi connectivity index (χ3v) is 4.16. The molecule has 0 aliphatic rings. The Hall–Kier alpha value is -1.12. The van der Waals surface area contributed by atoms with Crippen LogP contribution in [-0.2, 0) is 19.6 Å². The second kappa shape index (κ2) is 6.88. The van der Waals surface area contributed by atoms with Crippen molar-refractivity contribution in [2.45, 2.75) is 11.8 Å². The van der Waals surface area contributed by atoms with Crippen molar-refractivity contribution < 1.29 is 22.7 Å². The first-order valence-electron chi connectivity index (χ1n) is 5.39. The Morgan fingerprint density at radius 2 is 2.11 bits per heavy atom. The van der Waals surface area contributed by atoms with E-state index in [1.807, 2.05) is 0 Å². The van der Waals surface area contributed by atoms with E-state index in [9.17, 15) is 13.2 Å². The van der Waals surface area contributed by atoms with Gasteiger partial charge in [-0.15, -0.1) is 0 Å². The van der Waals surface area contributed by atoms with Crippen LogP contribution in [0.5, 0.6) is 5.75 Å². The second-order valence-electron chi connectivity index (χ2n) is 3.43. The summed E-state index contributed by atoms with van der Waals surface area (Å²) in [5.74, 6) is -0.108. The van der Waals surface area contributed by atoms with Gasteiger partial charge in [0.25, 0.3) is 0 Å². The van der Waals surface area contributed by atoms with E-state index >= 15 is 0 Å². The van der Waals surface area contributed by atoms with Crippen molar-refractivity contribution in [1.29, 1.82) is 0 Å². The molecule has 106 valence electrons. The maximum atomic E-state index is 11.9. The third-order valence-electron chi connectivity index (χ3n) is 2.15. The fourth-order valence-electron chi connectivity index (χ4n) is 1.26. The highest BCUT2D eigenvalue weighted by atomic mass is 79.9. The number of carbonyl (C=O) groups is 1. The summed E-state index contributed by atoms with van der Waals surface area (Å²) >= 11 is 3.20. The van der Waals surface area contributed by atoms with E-state index < -0.39 is 22.5 Å². The van der Waals surface area contributed by atoms with Crippen LogP contribution >= 0.6 is 15.9 Å². The zero-order valence-corrected chi connectivity index (χ0v) is 12.9. The maximum absolute atomic E-state index is 11.9. The van der Waals surface area contributed by atoms with Crippen LogP contribution in [0.25, 0.3) is 0 Å². The molecule has 0 aromatic heterocycles. The van der Waals surface area contributed by atoms with Gasteiger partial charge in [0.05, 0.1) is 23.1 Å². The Morgan fingerprint density at radius 3 is 2.63 bits per heavy atom. The van der Waals surface area contributed by atoms with Crippen LogP contribution in [0, 0.1) is 0 Å². The van der Waals surface area contributed by atoms with Gasteiger partial charge in [-0.1, -0.05) is 0 Å². The molecule has 0 radical (unpaired) electrons. The highest BCUT2D eigenvalue weighted by Gasteiger charge is 2.17. The van der Waals surface area contributed by atoms with Crippen LogP contribution in [0.4, 0.5) is 0 Å². The van der Waals surface area contributed by atoms with E-state index in [2.05, 4.69) is 25.4 Å². The normalized spacial score (nSPS) is 11.1. The largest absolute Gasteiger partial charge is 0.496 e. The van der Waals surface area contributed by atoms with E-state index in [4.69, 9.17) is 4.74 Å². The van der Waals surface area contributed by atoms with Crippen LogP contribution in [0.3, 0.4) is 0 Å². The number of sulfonamides is 1. The first kappa shape index (κ1) is 15.9. The number of carbonyl (C=O) groups excluding carboxylic acids is 1. The van der Waals surface area contributed by atoms with Crippen molar-refractivity contribution in [3.63, 3.8) is 0 Å². The highest BCUT2D eigenvalue weighted by Crippen LogP contribution is 2.27. The lowest BCUT2D eigenvalue weighted by Crippen LogP contribution is -2.30. The Bertz CT molecular complexity index is 558. The molecule has 8 heteroatoms. The minimum Gasteiger partial charge on any atom is -0.496 e. The third kappa shape index (κ3) is 4.48. The molecule has 0 unspecified atom stereocenters. The molecular weight excluding hydrogens is 338 g/mol. The average molecular weight is 352 g/mol. The fraction of sp³-hybridized carbons (Fsp3) is 0.364. The molecule has 0 fully saturated rings. The summed E-state index contributed by atoms with van der Waals surface area (Å²) in [6, 6.07) is 4.30. The summed E-state index contributed by atoms with van der Waals surface area (Å²) in [5, 5.41) is 0. The van der Waals surface area contributed by atoms with Crippen LogP contribution in [0.15, 0.2) is 27.6 Å². The van der Waals surface area contributed by atoms with Gasteiger partial charge >= 0.3 is 5.97 Å². The average Bonchev–Trinajstić information content (AvgIpc) is 2.37. The highest BCUT2D eigenvalue weighted by molar-refractivity contribution is 9.10. The summed E-state index contributed by atoms with van der Waals surface area (Å²) < 4.78 is 36.1. The number of methoxy groups -OCH3 is 1. The monoisotopic (exact) mass is 351 g/mol. The molecule has 0 heterocycles. The predicted octanol–water partition coefficient (Wildman–Crippen LogP) is 1.30. The number of benzene rings is 1. The Labute approximate surface area is 120 Å². The van der Waals surface area contributed by atoms with Crippen molar-refractivity contribution in [1.82, 2.24) is 4.72 Å².